The second-order valence-corrected chi connectivity index (χ2v) is 8.32. The molecule has 3 heterocycles. The first-order valence-electron chi connectivity index (χ1n) is 9.61. The normalized spacial score (nSPS) is 15.8. The van der Waals surface area contributed by atoms with Gasteiger partial charge in [-0.3, -0.25) is 4.79 Å². The summed E-state index contributed by atoms with van der Waals surface area (Å²) in [5.74, 6) is 1.56. The molecule has 0 spiro atoms. The van der Waals surface area contributed by atoms with E-state index in [0.717, 1.165) is 28.2 Å². The Morgan fingerprint density at radius 3 is 2.29 bits per heavy atom. The Hall–Kier alpha value is -3.27. The minimum atomic E-state index is -0.253. The first-order valence-corrected chi connectivity index (χ1v) is 10.7. The lowest BCUT2D eigenvalue weighted by molar-refractivity contribution is -0.113. The summed E-state index contributed by atoms with van der Waals surface area (Å²) in [5.41, 5.74) is 4.02. The van der Waals surface area contributed by atoms with E-state index in [2.05, 4.69) is 20.4 Å². The highest BCUT2D eigenvalue weighted by molar-refractivity contribution is 8.00. The van der Waals surface area contributed by atoms with Crippen LogP contribution in [0.15, 0.2) is 18.2 Å². The van der Waals surface area contributed by atoms with E-state index >= 15 is 0 Å². The third-order valence-corrected chi connectivity index (χ3v) is 6.24. The lowest BCUT2D eigenvalue weighted by Gasteiger charge is -2.18. The lowest BCUT2D eigenvalue weighted by atomic mass is 10.0. The van der Waals surface area contributed by atoms with Crippen LogP contribution in [-0.2, 0) is 4.79 Å². The van der Waals surface area contributed by atoms with Gasteiger partial charge in [-0.05, 0) is 44.5 Å². The van der Waals surface area contributed by atoms with Gasteiger partial charge < -0.3 is 19.9 Å². The summed E-state index contributed by atoms with van der Waals surface area (Å²) < 4.78 is 12.2. The maximum absolute atomic E-state index is 12.5. The van der Waals surface area contributed by atoms with Crippen molar-refractivity contribution in [1.82, 2.24) is 19.7 Å². The number of nitrogens with one attached hydrogen (secondary N) is 1. The number of aryl methyl sites for hydroxylation is 3. The van der Waals surface area contributed by atoms with Gasteiger partial charge in [-0.25, -0.2) is 9.97 Å². The number of ether oxygens (including phenoxy) is 2. The van der Waals surface area contributed by atoms with Crippen LogP contribution in [-0.4, -0.2) is 50.7 Å². The van der Waals surface area contributed by atoms with Gasteiger partial charge in [0, 0.05) is 17.0 Å². The fraction of sp³-hybridized carbons (Fsp3) is 0.333. The molecule has 1 aliphatic heterocycles. The maximum Gasteiger partial charge on any atom is 0.252 e. The fourth-order valence-electron chi connectivity index (χ4n) is 3.66. The molecule has 0 unspecified atom stereocenters. The Morgan fingerprint density at radius 1 is 1.10 bits per heavy atom. The van der Waals surface area contributed by atoms with Crippen molar-refractivity contribution >= 4 is 23.5 Å². The number of phenolic OH excluding ortho intramolecular Hbond substituents is 1. The van der Waals surface area contributed by atoms with Gasteiger partial charge in [0.05, 0.1) is 30.9 Å². The van der Waals surface area contributed by atoms with Gasteiger partial charge in [0.2, 0.25) is 11.7 Å². The highest BCUT2D eigenvalue weighted by atomic mass is 32.2. The number of amides is 1. The van der Waals surface area contributed by atoms with Crippen LogP contribution in [0.25, 0.3) is 5.95 Å². The predicted octanol–water partition coefficient (Wildman–Crippen LogP) is 3.09. The summed E-state index contributed by atoms with van der Waals surface area (Å²) in [4.78, 5) is 21.6. The molecule has 10 heteroatoms. The van der Waals surface area contributed by atoms with Crippen molar-refractivity contribution in [3.8, 4) is 23.2 Å². The van der Waals surface area contributed by atoms with Gasteiger partial charge >= 0.3 is 0 Å². The van der Waals surface area contributed by atoms with E-state index in [9.17, 15) is 9.90 Å². The summed E-state index contributed by atoms with van der Waals surface area (Å²) in [6.45, 7) is 5.66. The largest absolute Gasteiger partial charge is 0.502 e. The third-order valence-electron chi connectivity index (χ3n) is 4.97. The number of phenols is 1. The van der Waals surface area contributed by atoms with E-state index in [0.29, 0.717) is 23.3 Å². The molecular formula is C21H23N5O4S. The van der Waals surface area contributed by atoms with Crippen molar-refractivity contribution < 1.29 is 19.4 Å². The van der Waals surface area contributed by atoms with E-state index in [1.54, 1.807) is 16.8 Å². The molecule has 0 aliphatic carbocycles. The number of hydrogen-bond acceptors (Lipinski definition) is 8. The summed E-state index contributed by atoms with van der Waals surface area (Å²) in [7, 11) is 2.96. The Balaban J connectivity index is 1.92. The Labute approximate surface area is 183 Å². The summed E-state index contributed by atoms with van der Waals surface area (Å²) in [6.07, 6.45) is 0. The average Bonchev–Trinajstić information content (AvgIpc) is 2.93. The Morgan fingerprint density at radius 2 is 1.71 bits per heavy atom. The Bertz CT molecular complexity index is 1130. The van der Waals surface area contributed by atoms with Gasteiger partial charge in [-0.1, -0.05) is 0 Å². The molecule has 1 aromatic carbocycles. The monoisotopic (exact) mass is 441 g/mol. The van der Waals surface area contributed by atoms with Gasteiger partial charge in [0.25, 0.3) is 5.95 Å². The predicted molar refractivity (Wildman–Crippen MR) is 118 cm³/mol. The van der Waals surface area contributed by atoms with Crippen LogP contribution >= 0.6 is 11.8 Å². The second-order valence-electron chi connectivity index (χ2n) is 7.22. The van der Waals surface area contributed by atoms with Crippen LogP contribution in [0.5, 0.6) is 17.2 Å². The SMILES string of the molecule is COc1cc([C@@H]2SCC(=O)Nc3c2c(C)nn3-c2nc(C)cc(C)n2)cc(OC)c1O. The summed E-state index contributed by atoms with van der Waals surface area (Å²) in [5, 5.41) is 17.7. The number of carbonyl (C=O) groups is 1. The van der Waals surface area contributed by atoms with Gasteiger partial charge in [-0.2, -0.15) is 9.78 Å². The van der Waals surface area contributed by atoms with E-state index in [4.69, 9.17) is 9.47 Å². The molecule has 1 atom stereocenters. The molecular weight excluding hydrogens is 418 g/mol. The Kier molecular flexibility index (Phi) is 5.48. The average molecular weight is 442 g/mol. The number of methoxy groups -OCH3 is 2. The smallest absolute Gasteiger partial charge is 0.252 e. The molecule has 4 rings (SSSR count). The number of rotatable bonds is 4. The van der Waals surface area contributed by atoms with Crippen molar-refractivity contribution in [2.24, 2.45) is 0 Å². The highest BCUT2D eigenvalue weighted by Gasteiger charge is 2.32. The molecule has 0 saturated carbocycles. The van der Waals surface area contributed by atoms with Crippen LogP contribution in [0.4, 0.5) is 5.82 Å². The molecule has 0 fully saturated rings. The summed E-state index contributed by atoms with van der Waals surface area (Å²) in [6, 6.07) is 5.38. The minimum absolute atomic E-state index is 0.0714. The number of anilines is 1. The van der Waals surface area contributed by atoms with Crippen molar-refractivity contribution in [2.75, 3.05) is 25.3 Å². The number of benzene rings is 1. The molecule has 162 valence electrons. The third kappa shape index (κ3) is 3.78. The number of nitrogens with zero attached hydrogens (tertiary/aromatic N) is 4. The lowest BCUT2D eigenvalue weighted by Crippen LogP contribution is -2.17. The number of carbonyl (C=O) groups excluding carboxylic acids is 1. The zero-order valence-corrected chi connectivity index (χ0v) is 18.7. The quantitative estimate of drug-likeness (QED) is 0.635. The first kappa shape index (κ1) is 21.0. The zero-order valence-electron chi connectivity index (χ0n) is 17.9. The van der Waals surface area contributed by atoms with Crippen LogP contribution in [0.2, 0.25) is 0 Å². The van der Waals surface area contributed by atoms with Crippen LogP contribution in [0, 0.1) is 20.8 Å². The number of fused-ring (bicyclic) bond motifs is 1. The first-order chi connectivity index (χ1) is 14.8. The topological polar surface area (TPSA) is 111 Å². The molecule has 3 aromatic rings. The maximum atomic E-state index is 12.5. The molecule has 2 aromatic heterocycles. The van der Waals surface area contributed by atoms with Crippen molar-refractivity contribution in [2.45, 2.75) is 26.0 Å². The van der Waals surface area contributed by atoms with Gasteiger partial charge in [0.15, 0.2) is 11.5 Å². The molecule has 0 saturated heterocycles. The standard InChI is InChI=1S/C21H23N5O4S/c1-10-6-11(2)23-21(22-10)26-20-17(12(3)25-26)19(31-9-16(27)24-20)13-7-14(29-4)18(28)15(8-13)30-5/h6-8,19,28H,9H2,1-5H3,(H,24,27)/t19-/m0/s1. The van der Waals surface area contributed by atoms with E-state index in [1.807, 2.05) is 26.8 Å². The number of aromatic hydroxyl groups is 1. The van der Waals surface area contributed by atoms with Gasteiger partial charge in [0.1, 0.15) is 5.82 Å². The van der Waals surface area contributed by atoms with E-state index in [1.165, 1.54) is 26.0 Å². The van der Waals surface area contributed by atoms with E-state index in [-0.39, 0.29) is 22.7 Å². The van der Waals surface area contributed by atoms with Crippen molar-refractivity contribution in [3.63, 3.8) is 0 Å². The number of aromatic nitrogens is 4. The van der Waals surface area contributed by atoms with E-state index < -0.39 is 0 Å². The van der Waals surface area contributed by atoms with Crippen molar-refractivity contribution in [1.29, 1.82) is 0 Å². The molecule has 0 bridgehead atoms. The van der Waals surface area contributed by atoms with Crippen LogP contribution in [0.1, 0.15) is 33.5 Å². The van der Waals surface area contributed by atoms with Crippen LogP contribution < -0.4 is 14.8 Å². The highest BCUT2D eigenvalue weighted by Crippen LogP contribution is 2.47. The number of hydrogen-bond donors (Lipinski definition) is 2. The molecule has 1 aliphatic rings. The zero-order chi connectivity index (χ0) is 22.3. The summed E-state index contributed by atoms with van der Waals surface area (Å²) >= 11 is 1.46. The van der Waals surface area contributed by atoms with Gasteiger partial charge in [-0.15, -0.1) is 11.8 Å². The fourth-order valence-corrected chi connectivity index (χ4v) is 4.83. The second kappa shape index (κ2) is 8.10. The van der Waals surface area contributed by atoms with Crippen LogP contribution in [0.3, 0.4) is 0 Å². The molecule has 1 amide bonds. The van der Waals surface area contributed by atoms with Crippen molar-refractivity contribution in [3.05, 3.63) is 46.4 Å². The molecule has 9 nitrogen and oxygen atoms in total. The molecule has 0 radical (unpaired) electrons. The minimum Gasteiger partial charge on any atom is -0.502 e. The molecule has 2 N–H and O–H groups in total. The molecule has 31 heavy (non-hydrogen) atoms. The number of thioether (sulfide) groups is 1.